The SMILES string of the molecule is C1=CC(c2nc(-c3ccccc3)nc(-c3ccccc3)n2)CC2=C1C1(c3ccccc3O2)c2ccccc2-c2ccccc21. The summed E-state index contributed by atoms with van der Waals surface area (Å²) in [6.07, 6.45) is 5.19. The quantitative estimate of drug-likeness (QED) is 0.215. The van der Waals surface area contributed by atoms with Gasteiger partial charge in [0.1, 0.15) is 17.3 Å². The summed E-state index contributed by atoms with van der Waals surface area (Å²) < 4.78 is 6.79. The maximum Gasteiger partial charge on any atom is 0.163 e. The van der Waals surface area contributed by atoms with Crippen LogP contribution in [0.3, 0.4) is 0 Å². The van der Waals surface area contributed by atoms with Gasteiger partial charge >= 0.3 is 0 Å². The van der Waals surface area contributed by atoms with Crippen LogP contribution in [0.25, 0.3) is 33.9 Å². The number of allylic oxidation sites excluding steroid dienone is 4. The van der Waals surface area contributed by atoms with Crippen molar-refractivity contribution in [2.75, 3.05) is 0 Å². The lowest BCUT2D eigenvalue weighted by molar-refractivity contribution is 0.355. The van der Waals surface area contributed by atoms with Crippen LogP contribution in [0.5, 0.6) is 5.75 Å². The number of fused-ring (bicyclic) bond motifs is 8. The summed E-state index contributed by atoms with van der Waals surface area (Å²) >= 11 is 0. The molecule has 1 atom stereocenters. The van der Waals surface area contributed by atoms with Crippen LogP contribution in [-0.2, 0) is 5.41 Å². The average molecular weight is 566 g/mol. The molecule has 1 aliphatic heterocycles. The number of nitrogens with zero attached hydrogens (tertiary/aromatic N) is 3. The first-order valence-corrected chi connectivity index (χ1v) is 15.1. The first-order chi connectivity index (χ1) is 21.8. The van der Waals surface area contributed by atoms with E-state index in [1.165, 1.54) is 33.4 Å². The van der Waals surface area contributed by atoms with Crippen LogP contribution in [0.4, 0.5) is 0 Å². The van der Waals surface area contributed by atoms with Gasteiger partial charge in [-0.1, -0.05) is 140 Å². The highest BCUT2D eigenvalue weighted by Crippen LogP contribution is 2.61. The number of benzene rings is 5. The van der Waals surface area contributed by atoms with E-state index in [4.69, 9.17) is 19.7 Å². The Hall–Kier alpha value is -5.61. The van der Waals surface area contributed by atoms with E-state index in [2.05, 4.69) is 84.9 Å². The largest absolute Gasteiger partial charge is 0.461 e. The normalized spacial score (nSPS) is 17.0. The summed E-state index contributed by atoms with van der Waals surface area (Å²) in [5, 5.41) is 0. The highest BCUT2D eigenvalue weighted by atomic mass is 16.5. The van der Waals surface area contributed by atoms with Gasteiger partial charge in [-0.25, -0.2) is 15.0 Å². The van der Waals surface area contributed by atoms with Crippen LogP contribution in [-0.4, -0.2) is 15.0 Å². The van der Waals surface area contributed by atoms with Crippen molar-refractivity contribution in [1.29, 1.82) is 0 Å². The first-order valence-electron chi connectivity index (χ1n) is 15.1. The van der Waals surface area contributed by atoms with Crippen LogP contribution in [0.2, 0.25) is 0 Å². The molecule has 1 spiro atoms. The second kappa shape index (κ2) is 9.72. The van der Waals surface area contributed by atoms with Gasteiger partial charge in [-0.2, -0.15) is 0 Å². The van der Waals surface area contributed by atoms with E-state index in [9.17, 15) is 0 Å². The Morgan fingerprint density at radius 1 is 0.545 bits per heavy atom. The van der Waals surface area contributed by atoms with Crippen molar-refractivity contribution in [3.8, 4) is 39.7 Å². The number of ether oxygens (including phenoxy) is 1. The molecule has 2 heterocycles. The molecule has 0 fully saturated rings. The molecule has 0 saturated carbocycles. The summed E-state index contributed by atoms with van der Waals surface area (Å²) in [6, 6.07) is 46.4. The van der Waals surface area contributed by atoms with Gasteiger partial charge in [0.05, 0.1) is 5.41 Å². The number of hydrogen-bond acceptors (Lipinski definition) is 4. The standard InChI is InChI=1S/C40H27N3O/c1-3-13-26(14-4-1)37-41-38(27-15-5-2-6-16-27)43-39(42-37)28-23-24-34-36(25-28)44-35-22-12-11-21-33(35)40(34)31-19-9-7-17-29(31)30-18-8-10-20-32(30)40/h1-24,28H,25H2. The lowest BCUT2D eigenvalue weighted by atomic mass is 9.64. The summed E-state index contributed by atoms with van der Waals surface area (Å²) in [5.74, 6) is 3.88. The number of rotatable bonds is 3. The smallest absolute Gasteiger partial charge is 0.163 e. The third kappa shape index (κ3) is 3.61. The molecule has 5 aromatic carbocycles. The molecule has 208 valence electrons. The van der Waals surface area contributed by atoms with E-state index in [0.29, 0.717) is 18.1 Å². The fourth-order valence-corrected chi connectivity index (χ4v) is 7.24. The van der Waals surface area contributed by atoms with Gasteiger partial charge in [-0.15, -0.1) is 0 Å². The van der Waals surface area contributed by atoms with Gasteiger partial charge in [-0.05, 0) is 28.3 Å². The zero-order valence-corrected chi connectivity index (χ0v) is 23.9. The average Bonchev–Trinajstić information content (AvgIpc) is 3.39. The number of hydrogen-bond donors (Lipinski definition) is 0. The highest BCUT2D eigenvalue weighted by molar-refractivity contribution is 5.88. The van der Waals surface area contributed by atoms with Gasteiger partial charge in [-0.3, -0.25) is 0 Å². The second-order valence-electron chi connectivity index (χ2n) is 11.5. The summed E-state index contributed by atoms with van der Waals surface area (Å²) in [6.45, 7) is 0. The molecule has 6 aromatic rings. The summed E-state index contributed by atoms with van der Waals surface area (Å²) in [4.78, 5) is 15.0. The van der Waals surface area contributed by atoms with E-state index in [-0.39, 0.29) is 5.92 Å². The topological polar surface area (TPSA) is 47.9 Å². The Bertz CT molecular complexity index is 2030. The van der Waals surface area contributed by atoms with E-state index >= 15 is 0 Å². The minimum Gasteiger partial charge on any atom is -0.461 e. The van der Waals surface area contributed by atoms with Crippen LogP contribution in [0.15, 0.2) is 157 Å². The molecule has 1 aromatic heterocycles. The van der Waals surface area contributed by atoms with E-state index in [0.717, 1.165) is 28.5 Å². The monoisotopic (exact) mass is 565 g/mol. The zero-order chi connectivity index (χ0) is 29.1. The molecule has 0 saturated heterocycles. The Balaban J connectivity index is 1.22. The van der Waals surface area contributed by atoms with Crippen molar-refractivity contribution in [2.45, 2.75) is 17.8 Å². The third-order valence-electron chi connectivity index (χ3n) is 9.13. The van der Waals surface area contributed by atoms with E-state index < -0.39 is 5.41 Å². The molecular formula is C40H27N3O. The molecule has 44 heavy (non-hydrogen) atoms. The molecular weight excluding hydrogens is 538 g/mol. The van der Waals surface area contributed by atoms with E-state index in [1.807, 2.05) is 60.7 Å². The van der Waals surface area contributed by atoms with Gasteiger partial charge in [0.15, 0.2) is 11.6 Å². The van der Waals surface area contributed by atoms with Crippen molar-refractivity contribution in [1.82, 2.24) is 15.0 Å². The second-order valence-corrected chi connectivity index (χ2v) is 11.5. The van der Waals surface area contributed by atoms with Gasteiger partial charge in [0, 0.05) is 34.6 Å². The van der Waals surface area contributed by atoms with Crippen molar-refractivity contribution in [3.63, 3.8) is 0 Å². The van der Waals surface area contributed by atoms with Crippen molar-refractivity contribution < 1.29 is 4.74 Å². The Morgan fingerprint density at radius 3 is 1.68 bits per heavy atom. The molecule has 0 amide bonds. The maximum absolute atomic E-state index is 6.79. The highest BCUT2D eigenvalue weighted by Gasteiger charge is 2.52. The lowest BCUT2D eigenvalue weighted by Gasteiger charge is -2.42. The van der Waals surface area contributed by atoms with Gasteiger partial charge < -0.3 is 4.74 Å². The van der Waals surface area contributed by atoms with Gasteiger partial charge in [0.25, 0.3) is 0 Å². The Labute approximate surface area is 256 Å². The first kappa shape index (κ1) is 24.9. The van der Waals surface area contributed by atoms with Crippen LogP contribution < -0.4 is 4.74 Å². The van der Waals surface area contributed by atoms with Crippen LogP contribution in [0, 0.1) is 0 Å². The molecule has 4 nitrogen and oxygen atoms in total. The van der Waals surface area contributed by atoms with Crippen molar-refractivity contribution >= 4 is 0 Å². The van der Waals surface area contributed by atoms with Crippen molar-refractivity contribution in [3.05, 3.63) is 179 Å². The summed E-state index contributed by atoms with van der Waals surface area (Å²) in [5.41, 5.74) is 8.99. The molecule has 1 unspecified atom stereocenters. The summed E-state index contributed by atoms with van der Waals surface area (Å²) in [7, 11) is 0. The Morgan fingerprint density at radius 2 is 1.07 bits per heavy atom. The molecule has 0 bridgehead atoms. The third-order valence-corrected chi connectivity index (χ3v) is 9.13. The number of aromatic nitrogens is 3. The molecule has 2 aliphatic carbocycles. The number of para-hydroxylation sites is 1. The molecule has 3 aliphatic rings. The van der Waals surface area contributed by atoms with Crippen LogP contribution in [0.1, 0.15) is 34.9 Å². The predicted molar refractivity (Wildman–Crippen MR) is 173 cm³/mol. The maximum atomic E-state index is 6.79. The zero-order valence-electron chi connectivity index (χ0n) is 23.9. The molecule has 4 heteroatoms. The molecule has 9 rings (SSSR count). The predicted octanol–water partition coefficient (Wildman–Crippen LogP) is 8.91. The minimum atomic E-state index is -0.456. The van der Waals surface area contributed by atoms with E-state index in [1.54, 1.807) is 0 Å². The fourth-order valence-electron chi connectivity index (χ4n) is 7.24. The van der Waals surface area contributed by atoms with Gasteiger partial charge in [0.2, 0.25) is 0 Å². The molecule has 0 radical (unpaired) electrons. The van der Waals surface area contributed by atoms with Crippen LogP contribution >= 0.6 is 0 Å². The molecule has 0 N–H and O–H groups in total. The van der Waals surface area contributed by atoms with Crippen molar-refractivity contribution in [2.24, 2.45) is 0 Å². The lowest BCUT2D eigenvalue weighted by Crippen LogP contribution is -2.35. The minimum absolute atomic E-state index is 0.0733. The fraction of sp³-hybridized carbons (Fsp3) is 0.0750. The Kier molecular flexibility index (Phi) is 5.51.